The van der Waals surface area contributed by atoms with E-state index in [1.165, 1.54) is 6.42 Å². The third kappa shape index (κ3) is 4.43. The Kier molecular flexibility index (Phi) is 6.37. The van der Waals surface area contributed by atoms with Crippen LogP contribution in [0.1, 0.15) is 49.3 Å². The second-order valence-electron chi connectivity index (χ2n) is 7.67. The molecule has 1 amide bonds. The van der Waals surface area contributed by atoms with E-state index in [1.807, 2.05) is 34.9 Å². The summed E-state index contributed by atoms with van der Waals surface area (Å²) in [5.41, 5.74) is 1.69. The number of methoxy groups -OCH3 is 1. The molecule has 6 heteroatoms. The number of hydrogen-bond donors (Lipinski definition) is 1. The highest BCUT2D eigenvalue weighted by atomic mass is 16.5. The number of carbonyl (C=O) groups excluding carboxylic acids is 1. The molecule has 148 valence electrons. The molecule has 0 spiro atoms. The van der Waals surface area contributed by atoms with E-state index in [1.54, 1.807) is 7.11 Å². The van der Waals surface area contributed by atoms with Gasteiger partial charge in [-0.2, -0.15) is 0 Å². The minimum absolute atomic E-state index is 0.0337. The number of carboxylic acid groups (broad SMARTS) is 1. The summed E-state index contributed by atoms with van der Waals surface area (Å²) < 4.78 is 5.28. The van der Waals surface area contributed by atoms with Crippen LogP contribution in [0.4, 0.5) is 0 Å². The Morgan fingerprint density at radius 1 is 1.11 bits per heavy atom. The first kappa shape index (κ1) is 19.7. The van der Waals surface area contributed by atoms with Crippen LogP contribution in [-0.2, 0) is 9.59 Å². The van der Waals surface area contributed by atoms with Crippen LogP contribution in [0, 0.1) is 12.8 Å². The number of rotatable bonds is 5. The van der Waals surface area contributed by atoms with E-state index in [9.17, 15) is 14.7 Å². The second-order valence-corrected chi connectivity index (χ2v) is 7.67. The van der Waals surface area contributed by atoms with Gasteiger partial charge in [-0.1, -0.05) is 12.1 Å². The van der Waals surface area contributed by atoms with E-state index in [0.29, 0.717) is 13.1 Å². The van der Waals surface area contributed by atoms with Crippen LogP contribution < -0.4 is 4.74 Å². The monoisotopic (exact) mass is 374 g/mol. The van der Waals surface area contributed by atoms with E-state index in [0.717, 1.165) is 55.6 Å². The van der Waals surface area contributed by atoms with Crippen LogP contribution in [0.3, 0.4) is 0 Å². The van der Waals surface area contributed by atoms with Crippen molar-refractivity contribution in [3.63, 3.8) is 0 Å². The number of hydrogen-bond acceptors (Lipinski definition) is 4. The van der Waals surface area contributed by atoms with Gasteiger partial charge in [0, 0.05) is 32.1 Å². The van der Waals surface area contributed by atoms with Gasteiger partial charge in [0.15, 0.2) is 0 Å². The van der Waals surface area contributed by atoms with Gasteiger partial charge in [0.1, 0.15) is 11.8 Å². The van der Waals surface area contributed by atoms with Gasteiger partial charge in [0.25, 0.3) is 0 Å². The third-order valence-electron chi connectivity index (χ3n) is 5.88. The van der Waals surface area contributed by atoms with Gasteiger partial charge in [-0.15, -0.1) is 0 Å². The fourth-order valence-corrected chi connectivity index (χ4v) is 4.36. The average Bonchev–Trinajstić information content (AvgIpc) is 2.69. The molecule has 0 aromatic heterocycles. The first-order valence-corrected chi connectivity index (χ1v) is 9.91. The number of piperidine rings is 2. The molecule has 0 saturated carbocycles. The molecule has 2 fully saturated rings. The Bertz CT molecular complexity index is 677. The van der Waals surface area contributed by atoms with Crippen molar-refractivity contribution < 1.29 is 19.4 Å². The maximum atomic E-state index is 12.7. The Morgan fingerprint density at radius 3 is 2.33 bits per heavy atom. The van der Waals surface area contributed by atoms with E-state index in [2.05, 4.69) is 0 Å². The smallest absolute Gasteiger partial charge is 0.325 e. The van der Waals surface area contributed by atoms with Crippen LogP contribution in [-0.4, -0.2) is 60.1 Å². The van der Waals surface area contributed by atoms with Crippen molar-refractivity contribution in [2.45, 2.75) is 45.1 Å². The zero-order chi connectivity index (χ0) is 19.4. The van der Waals surface area contributed by atoms with Crippen LogP contribution in [0.2, 0.25) is 0 Å². The lowest BCUT2D eigenvalue weighted by atomic mass is 9.92. The minimum atomic E-state index is -0.847. The van der Waals surface area contributed by atoms with Gasteiger partial charge >= 0.3 is 5.97 Å². The lowest BCUT2D eigenvalue weighted by Crippen LogP contribution is -2.46. The summed E-state index contributed by atoms with van der Waals surface area (Å²) in [6.07, 6.45) is 4.87. The summed E-state index contributed by atoms with van der Waals surface area (Å²) >= 11 is 0. The molecule has 1 atom stereocenters. The van der Waals surface area contributed by atoms with E-state index in [4.69, 9.17) is 4.74 Å². The molecule has 6 nitrogen and oxygen atoms in total. The predicted molar refractivity (Wildman–Crippen MR) is 103 cm³/mol. The fraction of sp³-hybridized carbons (Fsp3) is 0.619. The highest BCUT2D eigenvalue weighted by Crippen LogP contribution is 2.31. The maximum absolute atomic E-state index is 12.7. The molecule has 1 aromatic rings. The van der Waals surface area contributed by atoms with E-state index < -0.39 is 12.0 Å². The van der Waals surface area contributed by atoms with Crippen molar-refractivity contribution in [1.29, 1.82) is 0 Å². The van der Waals surface area contributed by atoms with Crippen molar-refractivity contribution in [3.8, 4) is 5.75 Å². The van der Waals surface area contributed by atoms with E-state index in [-0.39, 0.29) is 11.8 Å². The van der Waals surface area contributed by atoms with E-state index >= 15 is 0 Å². The summed E-state index contributed by atoms with van der Waals surface area (Å²) in [7, 11) is 1.61. The summed E-state index contributed by atoms with van der Waals surface area (Å²) in [5.74, 6) is 0.210. The number of aryl methyl sites for hydroxylation is 1. The lowest BCUT2D eigenvalue weighted by Gasteiger charge is -2.38. The third-order valence-corrected chi connectivity index (χ3v) is 5.88. The molecule has 27 heavy (non-hydrogen) atoms. The molecule has 2 aliphatic rings. The molecule has 0 unspecified atom stereocenters. The van der Waals surface area contributed by atoms with Gasteiger partial charge in [-0.25, -0.2) is 0 Å². The van der Waals surface area contributed by atoms with Gasteiger partial charge in [0.05, 0.1) is 7.11 Å². The average molecular weight is 374 g/mol. The van der Waals surface area contributed by atoms with Crippen molar-refractivity contribution in [2.24, 2.45) is 5.92 Å². The molecule has 0 bridgehead atoms. The normalized spacial score (nSPS) is 20.3. The lowest BCUT2D eigenvalue weighted by molar-refractivity contribution is -0.145. The van der Waals surface area contributed by atoms with Crippen molar-refractivity contribution in [2.75, 3.05) is 33.3 Å². The van der Waals surface area contributed by atoms with Crippen LogP contribution >= 0.6 is 0 Å². The zero-order valence-corrected chi connectivity index (χ0v) is 16.3. The van der Waals surface area contributed by atoms with Gasteiger partial charge in [-0.05, 0) is 56.2 Å². The topological polar surface area (TPSA) is 70.1 Å². The molecule has 2 aliphatic heterocycles. The van der Waals surface area contributed by atoms with Crippen molar-refractivity contribution in [3.05, 3.63) is 29.3 Å². The van der Waals surface area contributed by atoms with Gasteiger partial charge < -0.3 is 14.7 Å². The summed E-state index contributed by atoms with van der Waals surface area (Å²) in [4.78, 5) is 28.7. The van der Waals surface area contributed by atoms with Crippen molar-refractivity contribution >= 4 is 11.9 Å². The molecule has 1 aromatic carbocycles. The summed E-state index contributed by atoms with van der Waals surface area (Å²) in [6, 6.07) is 4.87. The molecular weight excluding hydrogens is 344 g/mol. The highest BCUT2D eigenvalue weighted by Gasteiger charge is 2.34. The number of amides is 1. The molecule has 3 rings (SSSR count). The number of likely N-dealkylation sites (tertiary alicyclic amines) is 2. The molecule has 0 aliphatic carbocycles. The van der Waals surface area contributed by atoms with Crippen LogP contribution in [0.25, 0.3) is 0 Å². The quantitative estimate of drug-likeness (QED) is 0.858. The highest BCUT2D eigenvalue weighted by molar-refractivity contribution is 5.79. The number of ether oxygens (including phenoxy) is 1. The van der Waals surface area contributed by atoms with Crippen LogP contribution in [0.5, 0.6) is 5.75 Å². The number of carbonyl (C=O) groups is 2. The Balaban J connectivity index is 1.66. The summed E-state index contributed by atoms with van der Waals surface area (Å²) in [6.45, 7) is 4.94. The number of carboxylic acids is 1. The molecule has 2 heterocycles. The first-order chi connectivity index (χ1) is 13.0. The van der Waals surface area contributed by atoms with Gasteiger partial charge in [0.2, 0.25) is 5.91 Å². The Morgan fingerprint density at radius 2 is 1.78 bits per heavy atom. The second kappa shape index (κ2) is 8.74. The first-order valence-electron chi connectivity index (χ1n) is 9.91. The number of nitrogens with zero attached hydrogens (tertiary/aromatic N) is 2. The fourth-order valence-electron chi connectivity index (χ4n) is 4.36. The molecular formula is C21H30N2O4. The molecule has 2 saturated heterocycles. The Labute approximate surface area is 161 Å². The van der Waals surface area contributed by atoms with Crippen LogP contribution in [0.15, 0.2) is 18.2 Å². The molecule has 1 N–H and O–H groups in total. The largest absolute Gasteiger partial charge is 0.496 e. The number of aliphatic carboxylic acids is 1. The maximum Gasteiger partial charge on any atom is 0.325 e. The SMILES string of the molecule is COc1ccc([C@H](C(=O)O)N2CCC(C(=O)N3CCCCC3)CC2)cc1C. The van der Waals surface area contributed by atoms with Crippen molar-refractivity contribution in [1.82, 2.24) is 9.80 Å². The predicted octanol–water partition coefficient (Wildman–Crippen LogP) is 2.85. The number of benzene rings is 1. The minimum Gasteiger partial charge on any atom is -0.496 e. The molecule has 0 radical (unpaired) electrons. The Hall–Kier alpha value is -2.08. The van der Waals surface area contributed by atoms with Gasteiger partial charge in [-0.3, -0.25) is 14.5 Å². The standard InChI is InChI=1S/C21H30N2O4/c1-15-14-17(6-7-18(15)27-2)19(21(25)26)22-12-8-16(9-13-22)20(24)23-10-4-3-5-11-23/h6-7,14,16,19H,3-5,8-13H2,1-2H3,(H,25,26)/t19-/m1/s1. The zero-order valence-electron chi connectivity index (χ0n) is 16.3. The summed E-state index contributed by atoms with van der Waals surface area (Å²) in [5, 5.41) is 9.83.